The summed E-state index contributed by atoms with van der Waals surface area (Å²) < 4.78 is 11.9. The van der Waals surface area contributed by atoms with E-state index in [9.17, 15) is 0 Å². The van der Waals surface area contributed by atoms with Crippen LogP contribution in [0.25, 0.3) is 0 Å². The van der Waals surface area contributed by atoms with E-state index in [4.69, 9.17) is 18.8 Å². The molecule has 0 N–H and O–H groups in total. The lowest BCUT2D eigenvalue weighted by Crippen LogP contribution is -2.25. The molecule has 0 radical (unpaired) electrons. The van der Waals surface area contributed by atoms with Crippen molar-refractivity contribution in [2.75, 3.05) is 27.2 Å². The first-order valence-corrected chi connectivity index (χ1v) is 14.0. The molecule has 0 spiro atoms. The van der Waals surface area contributed by atoms with Crippen LogP contribution in [-0.4, -0.2) is 47.0 Å². The molecule has 4 heterocycles. The van der Waals surface area contributed by atoms with Crippen molar-refractivity contribution in [2.24, 2.45) is 11.8 Å². The van der Waals surface area contributed by atoms with Crippen LogP contribution in [0.5, 0.6) is 0 Å². The molecule has 2 saturated heterocycles. The highest BCUT2D eigenvalue weighted by molar-refractivity contribution is 5.10. The SMILES string of the molecule is CN1CCCC1c1nc(C2CCC(C3CCC(c4coc([C@H]5CCCN5C)n4)CC3)CC2)co1. The molecule has 6 heteroatoms. The molecule has 186 valence electrons. The van der Waals surface area contributed by atoms with E-state index >= 15 is 0 Å². The number of rotatable bonds is 5. The molecule has 0 bridgehead atoms. The standard InChI is InChI=1S/C28H42N4O2/c1-31-15-3-5-25(31)27-29-23(17-33-27)21-11-7-19(8-12-21)20-9-13-22(14-10-20)24-18-34-28(30-24)26-6-4-16-32(26)2/h17-22,25-26H,3-16H2,1-2H3/t19?,20?,21?,22?,25-,26?/m1/s1. The van der Waals surface area contributed by atoms with E-state index in [0.717, 1.165) is 36.7 Å². The minimum absolute atomic E-state index is 0.389. The number of hydrogen-bond donors (Lipinski definition) is 0. The molecule has 2 aliphatic carbocycles. The maximum absolute atomic E-state index is 5.94. The van der Waals surface area contributed by atoms with Gasteiger partial charge in [-0.25, -0.2) is 9.97 Å². The van der Waals surface area contributed by atoms with Gasteiger partial charge in [0.1, 0.15) is 12.5 Å². The van der Waals surface area contributed by atoms with Gasteiger partial charge in [-0.1, -0.05) is 0 Å². The summed E-state index contributed by atoms with van der Waals surface area (Å²) in [5.41, 5.74) is 2.43. The van der Waals surface area contributed by atoms with E-state index in [1.165, 1.54) is 88.4 Å². The zero-order chi connectivity index (χ0) is 23.1. The Hall–Kier alpha value is -1.66. The normalized spacial score (nSPS) is 35.8. The van der Waals surface area contributed by atoms with Crippen molar-refractivity contribution in [3.05, 3.63) is 35.7 Å². The third-order valence-electron chi connectivity index (χ3n) is 9.74. The minimum Gasteiger partial charge on any atom is -0.447 e. The Kier molecular flexibility index (Phi) is 6.55. The maximum Gasteiger partial charge on any atom is 0.211 e. The summed E-state index contributed by atoms with van der Waals surface area (Å²) in [5, 5.41) is 0. The zero-order valence-corrected chi connectivity index (χ0v) is 21.1. The first-order valence-electron chi connectivity index (χ1n) is 14.0. The zero-order valence-electron chi connectivity index (χ0n) is 21.1. The molecule has 2 atom stereocenters. The molecule has 0 amide bonds. The molecule has 2 aromatic rings. The van der Waals surface area contributed by atoms with Crippen molar-refractivity contribution >= 4 is 0 Å². The molecule has 4 fully saturated rings. The summed E-state index contributed by atoms with van der Waals surface area (Å²) in [6.45, 7) is 2.32. The Bertz CT molecular complexity index is 862. The average Bonchev–Trinajstić information content (AvgIpc) is 3.66. The van der Waals surface area contributed by atoms with Gasteiger partial charge in [0, 0.05) is 11.8 Å². The Balaban J connectivity index is 0.987. The molecule has 4 aliphatic rings. The van der Waals surface area contributed by atoms with Gasteiger partial charge in [0.05, 0.1) is 23.5 Å². The van der Waals surface area contributed by atoms with Crippen molar-refractivity contribution in [3.63, 3.8) is 0 Å². The summed E-state index contributed by atoms with van der Waals surface area (Å²) in [6, 6.07) is 0.778. The van der Waals surface area contributed by atoms with E-state index in [0.29, 0.717) is 23.9 Å². The van der Waals surface area contributed by atoms with Crippen molar-refractivity contribution in [1.29, 1.82) is 0 Å². The third-order valence-corrected chi connectivity index (χ3v) is 9.74. The average molecular weight is 467 g/mol. The predicted molar refractivity (Wildman–Crippen MR) is 132 cm³/mol. The lowest BCUT2D eigenvalue weighted by Gasteiger charge is -2.37. The number of hydrogen-bond acceptors (Lipinski definition) is 6. The topological polar surface area (TPSA) is 58.5 Å². The molecule has 1 unspecified atom stereocenters. The minimum atomic E-state index is 0.389. The van der Waals surface area contributed by atoms with Gasteiger partial charge in [-0.05, 0) is 116 Å². The Labute approximate surface area is 204 Å². The van der Waals surface area contributed by atoms with E-state index in [1.807, 2.05) is 12.5 Å². The monoisotopic (exact) mass is 466 g/mol. The fraction of sp³-hybridized carbons (Fsp3) is 0.786. The highest BCUT2D eigenvalue weighted by Crippen LogP contribution is 2.46. The molecular formula is C28H42N4O2. The summed E-state index contributed by atoms with van der Waals surface area (Å²) in [5.74, 6) is 4.88. The lowest BCUT2D eigenvalue weighted by atomic mass is 9.68. The number of nitrogens with zero attached hydrogens (tertiary/aromatic N) is 4. The van der Waals surface area contributed by atoms with E-state index in [1.54, 1.807) is 0 Å². The van der Waals surface area contributed by atoms with Crippen LogP contribution in [0.3, 0.4) is 0 Å². The molecule has 2 aliphatic heterocycles. The van der Waals surface area contributed by atoms with Crippen LogP contribution in [0.2, 0.25) is 0 Å². The quantitative estimate of drug-likeness (QED) is 0.505. The summed E-state index contributed by atoms with van der Waals surface area (Å²) in [6.07, 6.45) is 19.3. The molecule has 6 rings (SSSR count). The largest absolute Gasteiger partial charge is 0.447 e. The van der Waals surface area contributed by atoms with Gasteiger partial charge in [-0.15, -0.1) is 0 Å². The van der Waals surface area contributed by atoms with Crippen molar-refractivity contribution < 1.29 is 8.83 Å². The molecule has 34 heavy (non-hydrogen) atoms. The van der Waals surface area contributed by atoms with Gasteiger partial charge in [-0.2, -0.15) is 0 Å². The van der Waals surface area contributed by atoms with Gasteiger partial charge in [0.25, 0.3) is 0 Å². The number of oxazole rings is 2. The first kappa shape index (κ1) is 22.8. The predicted octanol–water partition coefficient (Wildman–Crippen LogP) is 6.44. The van der Waals surface area contributed by atoms with Crippen molar-refractivity contribution in [3.8, 4) is 0 Å². The number of likely N-dealkylation sites (tertiary alicyclic amines) is 2. The molecule has 2 aromatic heterocycles. The van der Waals surface area contributed by atoms with Crippen LogP contribution in [0.15, 0.2) is 21.4 Å². The van der Waals surface area contributed by atoms with Crippen LogP contribution in [-0.2, 0) is 0 Å². The maximum atomic E-state index is 5.94. The first-order chi connectivity index (χ1) is 16.7. The summed E-state index contributed by atoms with van der Waals surface area (Å²) >= 11 is 0. The van der Waals surface area contributed by atoms with Crippen LogP contribution < -0.4 is 0 Å². The highest BCUT2D eigenvalue weighted by atomic mass is 16.3. The number of aromatic nitrogens is 2. The van der Waals surface area contributed by atoms with Gasteiger partial charge < -0.3 is 8.83 Å². The summed E-state index contributed by atoms with van der Waals surface area (Å²) in [7, 11) is 4.38. The van der Waals surface area contributed by atoms with Crippen LogP contribution in [0, 0.1) is 11.8 Å². The van der Waals surface area contributed by atoms with Crippen LogP contribution in [0.1, 0.15) is 124 Å². The second kappa shape index (κ2) is 9.77. The van der Waals surface area contributed by atoms with E-state index < -0.39 is 0 Å². The Morgan fingerprint density at radius 3 is 1.38 bits per heavy atom. The van der Waals surface area contributed by atoms with Gasteiger partial charge in [0.15, 0.2) is 0 Å². The van der Waals surface area contributed by atoms with Gasteiger partial charge in [-0.3, -0.25) is 9.80 Å². The second-order valence-corrected chi connectivity index (χ2v) is 11.7. The fourth-order valence-corrected chi connectivity index (χ4v) is 7.50. The molecule has 2 saturated carbocycles. The molecule has 0 aromatic carbocycles. The van der Waals surface area contributed by atoms with Crippen molar-refractivity contribution in [2.45, 2.75) is 101 Å². The molecule has 6 nitrogen and oxygen atoms in total. The molecular weight excluding hydrogens is 424 g/mol. The second-order valence-electron chi connectivity index (χ2n) is 11.7. The smallest absolute Gasteiger partial charge is 0.211 e. The van der Waals surface area contributed by atoms with Crippen molar-refractivity contribution in [1.82, 2.24) is 19.8 Å². The van der Waals surface area contributed by atoms with Gasteiger partial charge >= 0.3 is 0 Å². The Morgan fingerprint density at radius 2 is 1.03 bits per heavy atom. The van der Waals surface area contributed by atoms with Gasteiger partial charge in [0.2, 0.25) is 11.8 Å². The Morgan fingerprint density at radius 1 is 0.618 bits per heavy atom. The van der Waals surface area contributed by atoms with Crippen LogP contribution in [0.4, 0.5) is 0 Å². The summed E-state index contributed by atoms with van der Waals surface area (Å²) in [4.78, 5) is 14.7. The lowest BCUT2D eigenvalue weighted by molar-refractivity contribution is 0.175. The van der Waals surface area contributed by atoms with Crippen LogP contribution >= 0.6 is 0 Å². The van der Waals surface area contributed by atoms with E-state index in [2.05, 4.69) is 23.9 Å². The highest BCUT2D eigenvalue weighted by Gasteiger charge is 2.35. The fourth-order valence-electron chi connectivity index (χ4n) is 7.50. The van der Waals surface area contributed by atoms with E-state index in [-0.39, 0.29) is 0 Å². The third kappa shape index (κ3) is 4.48.